The van der Waals surface area contributed by atoms with E-state index < -0.39 is 0 Å². The molecule has 0 saturated carbocycles. The van der Waals surface area contributed by atoms with E-state index in [0.29, 0.717) is 5.92 Å². The predicted octanol–water partition coefficient (Wildman–Crippen LogP) is 2.53. The van der Waals surface area contributed by atoms with Gasteiger partial charge in [0.2, 0.25) is 0 Å². The summed E-state index contributed by atoms with van der Waals surface area (Å²) in [5, 5.41) is 4.91. The van der Waals surface area contributed by atoms with Crippen LogP contribution in [0.25, 0.3) is 0 Å². The van der Waals surface area contributed by atoms with Crippen molar-refractivity contribution in [3.63, 3.8) is 0 Å². The maximum Gasteiger partial charge on any atom is 0.133 e. The van der Waals surface area contributed by atoms with Crippen molar-refractivity contribution in [3.05, 3.63) is 12.0 Å². The second kappa shape index (κ2) is 6.18. The molecule has 1 nitrogen and oxygen atoms in total. The summed E-state index contributed by atoms with van der Waals surface area (Å²) in [4.78, 5) is 11.1. The summed E-state index contributed by atoms with van der Waals surface area (Å²) in [5.41, 5.74) is 0. The lowest BCUT2D eigenvalue weighted by molar-refractivity contribution is -0.121. The summed E-state index contributed by atoms with van der Waals surface area (Å²) < 4.78 is 0. The molecule has 0 aromatic heterocycles. The average molecular weight is 185 g/mol. The van der Waals surface area contributed by atoms with Gasteiger partial charge in [0.15, 0.2) is 0 Å². The Kier molecular flexibility index (Phi) is 5.99. The molecule has 1 atom stereocenters. The first kappa shape index (κ1) is 11.6. The summed E-state index contributed by atoms with van der Waals surface area (Å²) in [5.74, 6) is 0.809. The highest BCUT2D eigenvalue weighted by Crippen LogP contribution is 2.15. The van der Waals surface area contributed by atoms with Gasteiger partial charge in [-0.3, -0.25) is 4.79 Å². The molecular weight excluding hydrogens is 168 g/mol. The average Bonchev–Trinajstić information content (AvgIpc) is 1.96. The molecule has 0 bridgehead atoms. The molecule has 0 heterocycles. The van der Waals surface area contributed by atoms with E-state index in [1.54, 1.807) is 12.3 Å². The number of thiol groups is 1. The van der Waals surface area contributed by atoms with Crippen LogP contribution in [-0.4, -0.2) is 11.2 Å². The Balaban J connectivity index is 4.05. The minimum atomic E-state index is 0.137. The highest BCUT2D eigenvalue weighted by atomic mass is 32.1. The van der Waals surface area contributed by atoms with Crippen LogP contribution in [0.5, 0.6) is 0 Å². The van der Waals surface area contributed by atoms with Gasteiger partial charge in [-0.2, -0.15) is 11.4 Å². The summed E-state index contributed by atoms with van der Waals surface area (Å²) in [6.45, 7) is 9.37. The van der Waals surface area contributed by atoms with Crippen LogP contribution in [0, 0.1) is 11.8 Å². The fraction of sp³-hybridized carbons (Fsp3) is 0.600. The first-order chi connectivity index (χ1) is 5.59. The number of carbonyl (C=O) groups excluding carboxylic acids is 1. The van der Waals surface area contributed by atoms with Crippen LogP contribution in [0.1, 0.15) is 27.2 Å². The molecule has 0 N–H and O–H groups in total. The Morgan fingerprint density at radius 3 is 2.58 bits per heavy atom. The maximum absolute atomic E-state index is 11.1. The SMILES string of the molecule is C=C[SH]=[C]CC(C(C)=O)C(C)C. The molecule has 2 heteroatoms. The Morgan fingerprint density at radius 2 is 2.25 bits per heavy atom. The van der Waals surface area contributed by atoms with E-state index in [9.17, 15) is 4.79 Å². The van der Waals surface area contributed by atoms with E-state index in [1.807, 2.05) is 0 Å². The minimum absolute atomic E-state index is 0.137. The normalized spacial score (nSPS) is 14.3. The second-order valence-electron chi connectivity index (χ2n) is 3.14. The third-order valence-electron chi connectivity index (χ3n) is 1.82. The van der Waals surface area contributed by atoms with Gasteiger partial charge in [-0.1, -0.05) is 20.4 Å². The van der Waals surface area contributed by atoms with Crippen LogP contribution >= 0.6 is 11.4 Å². The van der Waals surface area contributed by atoms with Gasteiger partial charge in [0.05, 0.1) is 0 Å². The van der Waals surface area contributed by atoms with Gasteiger partial charge in [0.25, 0.3) is 0 Å². The molecule has 0 saturated heterocycles. The zero-order valence-electron chi connectivity index (χ0n) is 8.00. The van der Waals surface area contributed by atoms with Gasteiger partial charge in [0.1, 0.15) is 5.78 Å². The number of rotatable bonds is 5. The van der Waals surface area contributed by atoms with Crippen LogP contribution < -0.4 is 0 Å². The van der Waals surface area contributed by atoms with Crippen molar-refractivity contribution in [3.8, 4) is 0 Å². The third kappa shape index (κ3) is 4.50. The molecular formula is C10H17OS. The fourth-order valence-corrected chi connectivity index (χ4v) is 1.50. The molecule has 0 amide bonds. The fourth-order valence-electron chi connectivity index (χ4n) is 1.06. The van der Waals surface area contributed by atoms with E-state index in [0.717, 1.165) is 17.8 Å². The van der Waals surface area contributed by atoms with Crippen LogP contribution in [0.2, 0.25) is 0 Å². The number of ketones is 1. The standard InChI is InChI=1S/C10H17OS/c1-5-12-7-6-10(8(2)3)9(4)11/h5,8,10,12H,1,6H2,2-4H3. The van der Waals surface area contributed by atoms with Crippen molar-refractivity contribution < 1.29 is 4.79 Å². The highest BCUT2D eigenvalue weighted by Gasteiger charge is 2.16. The van der Waals surface area contributed by atoms with Crippen LogP contribution in [0.4, 0.5) is 0 Å². The lowest BCUT2D eigenvalue weighted by Crippen LogP contribution is -2.17. The summed E-state index contributed by atoms with van der Waals surface area (Å²) in [6, 6.07) is 0. The smallest absolute Gasteiger partial charge is 0.133 e. The van der Waals surface area contributed by atoms with Crippen molar-refractivity contribution >= 4 is 22.5 Å². The molecule has 0 spiro atoms. The van der Waals surface area contributed by atoms with Gasteiger partial charge >= 0.3 is 0 Å². The Bertz CT molecular complexity index is 182. The summed E-state index contributed by atoms with van der Waals surface area (Å²) >= 11 is 0.994. The molecule has 0 aliphatic carbocycles. The van der Waals surface area contributed by atoms with Gasteiger partial charge < -0.3 is 0 Å². The number of carbonyl (C=O) groups is 1. The first-order valence-electron chi connectivity index (χ1n) is 4.13. The Morgan fingerprint density at radius 1 is 1.67 bits per heavy atom. The summed E-state index contributed by atoms with van der Waals surface area (Å²) in [7, 11) is 0. The molecule has 69 valence electrons. The number of Topliss-reactive ketones (excluding diaryl/α,β-unsaturated/α-hetero) is 1. The van der Waals surface area contributed by atoms with E-state index in [1.165, 1.54) is 0 Å². The monoisotopic (exact) mass is 185 g/mol. The van der Waals surface area contributed by atoms with Crippen LogP contribution in [0.3, 0.4) is 0 Å². The molecule has 0 rings (SSSR count). The van der Waals surface area contributed by atoms with Crippen molar-refractivity contribution in [2.45, 2.75) is 27.2 Å². The lowest BCUT2D eigenvalue weighted by Gasteiger charge is -2.14. The molecule has 0 aliphatic rings. The lowest BCUT2D eigenvalue weighted by atomic mass is 9.90. The molecule has 1 unspecified atom stereocenters. The quantitative estimate of drug-likeness (QED) is 0.514. The number of hydrogen-bond donors (Lipinski definition) is 1. The van der Waals surface area contributed by atoms with Gasteiger partial charge in [-0.05, 0) is 30.0 Å². The van der Waals surface area contributed by atoms with Crippen molar-refractivity contribution in [1.82, 2.24) is 0 Å². The third-order valence-corrected chi connectivity index (χ3v) is 2.37. The number of hydrogen-bond acceptors (Lipinski definition) is 1. The second-order valence-corrected chi connectivity index (χ2v) is 4.07. The molecule has 12 heavy (non-hydrogen) atoms. The Labute approximate surface area is 78.8 Å². The zero-order chi connectivity index (χ0) is 9.56. The molecule has 1 radical (unpaired) electrons. The summed E-state index contributed by atoms with van der Waals surface area (Å²) in [6.07, 6.45) is 0.751. The topological polar surface area (TPSA) is 17.1 Å². The van der Waals surface area contributed by atoms with E-state index in [2.05, 4.69) is 25.8 Å². The Hall–Kier alpha value is -0.370. The zero-order valence-corrected chi connectivity index (χ0v) is 8.90. The van der Waals surface area contributed by atoms with Crippen molar-refractivity contribution in [2.75, 3.05) is 0 Å². The predicted molar refractivity (Wildman–Crippen MR) is 57.8 cm³/mol. The maximum atomic E-state index is 11.1. The van der Waals surface area contributed by atoms with Crippen molar-refractivity contribution in [1.29, 1.82) is 0 Å². The van der Waals surface area contributed by atoms with Crippen LogP contribution in [0.15, 0.2) is 12.0 Å². The minimum Gasteiger partial charge on any atom is -0.300 e. The largest absolute Gasteiger partial charge is 0.300 e. The molecule has 0 aliphatic heterocycles. The van der Waals surface area contributed by atoms with Gasteiger partial charge in [0, 0.05) is 5.92 Å². The molecule has 0 aromatic carbocycles. The van der Waals surface area contributed by atoms with Gasteiger partial charge in [-0.25, -0.2) is 0 Å². The van der Waals surface area contributed by atoms with Crippen LogP contribution in [-0.2, 0) is 4.79 Å². The van der Waals surface area contributed by atoms with Gasteiger partial charge in [-0.15, -0.1) is 0 Å². The van der Waals surface area contributed by atoms with E-state index in [-0.39, 0.29) is 11.7 Å². The van der Waals surface area contributed by atoms with Crippen molar-refractivity contribution in [2.24, 2.45) is 11.8 Å². The molecule has 0 aromatic rings. The van der Waals surface area contributed by atoms with E-state index >= 15 is 0 Å². The first-order valence-corrected chi connectivity index (χ1v) is 5.10. The molecule has 0 fully saturated rings. The van der Waals surface area contributed by atoms with E-state index in [4.69, 9.17) is 0 Å². The highest BCUT2D eigenvalue weighted by molar-refractivity contribution is 8.00.